The first-order valence-electron chi connectivity index (χ1n) is 17.9. The van der Waals surface area contributed by atoms with Crippen molar-refractivity contribution in [2.75, 3.05) is 69.5 Å². The SMILES string of the molecule is COc1ccc2c3c(c4c(c2c1)OC(c1ccc(N2CCOCC2)cc1)(c1ccc(N2CCOCC2)cc1)C=C4)C(C)(C)c1cc(C)ccc1-3. The molecule has 5 aromatic rings. The molecule has 0 unspecified atom stereocenters. The van der Waals surface area contributed by atoms with Gasteiger partial charge in [-0.1, -0.05) is 68.0 Å². The molecule has 0 atom stereocenters. The highest BCUT2D eigenvalue weighted by Crippen LogP contribution is 2.58. The van der Waals surface area contributed by atoms with E-state index in [0.29, 0.717) is 0 Å². The fraction of sp³-hybridized carbons (Fsp3) is 0.318. The molecule has 6 heteroatoms. The lowest BCUT2D eigenvalue weighted by atomic mass is 9.76. The van der Waals surface area contributed by atoms with Crippen molar-refractivity contribution in [1.29, 1.82) is 0 Å². The van der Waals surface area contributed by atoms with Crippen LogP contribution in [0.5, 0.6) is 11.5 Å². The summed E-state index contributed by atoms with van der Waals surface area (Å²) in [6.45, 7) is 13.5. The molecular weight excluding hydrogens is 620 g/mol. The quantitative estimate of drug-likeness (QED) is 0.188. The van der Waals surface area contributed by atoms with Crippen molar-refractivity contribution < 1.29 is 18.9 Å². The summed E-state index contributed by atoms with van der Waals surface area (Å²) in [5.41, 5.74) is 11.2. The topological polar surface area (TPSA) is 43.4 Å². The molecule has 254 valence electrons. The van der Waals surface area contributed by atoms with E-state index in [1.54, 1.807) is 7.11 Å². The van der Waals surface area contributed by atoms with Gasteiger partial charge >= 0.3 is 0 Å². The summed E-state index contributed by atoms with van der Waals surface area (Å²) >= 11 is 0. The molecule has 50 heavy (non-hydrogen) atoms. The van der Waals surface area contributed by atoms with Gasteiger partial charge in [-0.25, -0.2) is 0 Å². The van der Waals surface area contributed by atoms with E-state index in [2.05, 4.69) is 128 Å². The molecule has 0 amide bonds. The van der Waals surface area contributed by atoms with E-state index in [-0.39, 0.29) is 5.41 Å². The monoisotopic (exact) mass is 664 g/mol. The maximum Gasteiger partial charge on any atom is 0.178 e. The maximum atomic E-state index is 7.61. The van der Waals surface area contributed by atoms with Crippen LogP contribution in [0.1, 0.15) is 47.2 Å². The Balaban J connectivity index is 1.24. The van der Waals surface area contributed by atoms with Crippen LogP contribution in [0.4, 0.5) is 11.4 Å². The van der Waals surface area contributed by atoms with E-state index in [0.717, 1.165) is 86.2 Å². The fourth-order valence-corrected chi connectivity index (χ4v) is 8.67. The Morgan fingerprint density at radius 3 is 1.86 bits per heavy atom. The van der Waals surface area contributed by atoms with Crippen LogP contribution in [0.15, 0.2) is 91.0 Å². The summed E-state index contributed by atoms with van der Waals surface area (Å²) in [6, 6.07) is 31.3. The average Bonchev–Trinajstić information content (AvgIpc) is 3.41. The third kappa shape index (κ3) is 4.84. The van der Waals surface area contributed by atoms with Crippen LogP contribution in [0.2, 0.25) is 0 Å². The molecule has 0 radical (unpaired) electrons. The van der Waals surface area contributed by atoms with Crippen LogP contribution in [0.25, 0.3) is 28.0 Å². The minimum absolute atomic E-state index is 0.206. The highest BCUT2D eigenvalue weighted by Gasteiger charge is 2.44. The lowest BCUT2D eigenvalue weighted by Gasteiger charge is -2.39. The minimum atomic E-state index is -0.851. The summed E-state index contributed by atoms with van der Waals surface area (Å²) in [7, 11) is 1.74. The Labute approximate surface area is 294 Å². The first kappa shape index (κ1) is 31.2. The summed E-state index contributed by atoms with van der Waals surface area (Å²) in [6.07, 6.45) is 4.63. The molecule has 3 aliphatic heterocycles. The molecule has 0 aromatic heterocycles. The van der Waals surface area contributed by atoms with Crippen molar-refractivity contribution in [3.8, 4) is 22.6 Å². The van der Waals surface area contributed by atoms with Crippen molar-refractivity contribution in [1.82, 2.24) is 0 Å². The van der Waals surface area contributed by atoms with E-state index in [9.17, 15) is 0 Å². The molecule has 2 fully saturated rings. The summed E-state index contributed by atoms with van der Waals surface area (Å²) in [4.78, 5) is 4.79. The lowest BCUT2D eigenvalue weighted by molar-refractivity contribution is 0.122. The number of fused-ring (bicyclic) bond motifs is 8. The van der Waals surface area contributed by atoms with Gasteiger partial charge in [0, 0.05) is 65.0 Å². The Hall–Kier alpha value is -4.78. The van der Waals surface area contributed by atoms with Gasteiger partial charge in [-0.15, -0.1) is 0 Å². The first-order chi connectivity index (χ1) is 24.4. The minimum Gasteiger partial charge on any atom is -0.497 e. The van der Waals surface area contributed by atoms with E-state index in [4.69, 9.17) is 18.9 Å². The van der Waals surface area contributed by atoms with Gasteiger partial charge in [-0.3, -0.25) is 0 Å². The molecule has 2 saturated heterocycles. The highest BCUT2D eigenvalue weighted by molar-refractivity contribution is 6.09. The van der Waals surface area contributed by atoms with Crippen LogP contribution in [0, 0.1) is 6.92 Å². The highest BCUT2D eigenvalue weighted by atomic mass is 16.5. The van der Waals surface area contributed by atoms with Gasteiger partial charge < -0.3 is 28.7 Å². The van der Waals surface area contributed by atoms with Crippen LogP contribution < -0.4 is 19.3 Å². The zero-order valence-corrected chi connectivity index (χ0v) is 29.4. The molecule has 3 heterocycles. The Morgan fingerprint density at radius 1 is 0.680 bits per heavy atom. The van der Waals surface area contributed by atoms with Crippen molar-refractivity contribution >= 4 is 28.2 Å². The molecular formula is C44H44N2O4. The predicted molar refractivity (Wildman–Crippen MR) is 202 cm³/mol. The second-order valence-electron chi connectivity index (χ2n) is 14.5. The summed E-state index contributed by atoms with van der Waals surface area (Å²) < 4.78 is 24.7. The summed E-state index contributed by atoms with van der Waals surface area (Å²) in [5, 5.41) is 2.25. The number of methoxy groups -OCH3 is 1. The Morgan fingerprint density at radius 2 is 1.28 bits per heavy atom. The number of benzene rings is 5. The van der Waals surface area contributed by atoms with Gasteiger partial charge in [0.1, 0.15) is 11.5 Å². The number of hydrogen-bond acceptors (Lipinski definition) is 6. The second-order valence-corrected chi connectivity index (χ2v) is 14.5. The van der Waals surface area contributed by atoms with E-state index in [1.807, 2.05) is 0 Å². The smallest absolute Gasteiger partial charge is 0.178 e. The van der Waals surface area contributed by atoms with Gasteiger partial charge in [-0.05, 0) is 83.1 Å². The zero-order chi connectivity index (χ0) is 34.0. The average molecular weight is 665 g/mol. The zero-order valence-electron chi connectivity index (χ0n) is 29.4. The normalized spacial score (nSPS) is 18.7. The van der Waals surface area contributed by atoms with Crippen molar-refractivity contribution in [3.05, 3.63) is 124 Å². The third-order valence-electron chi connectivity index (χ3n) is 11.3. The number of aryl methyl sites for hydroxylation is 1. The standard InChI is InChI=1S/C44H44N2O4/c1-29-5-15-36-39(27-29)43(2,3)41-37-17-18-44(30-6-10-32(11-7-30)45-19-23-48-24-20-45,31-8-12-33(13-9-31)46-21-25-49-26-22-46)50-42(37)38-28-34(47-4)14-16-35(38)40(36)41/h5-18,27-28H,19-26H2,1-4H3. The van der Waals surface area contributed by atoms with E-state index >= 15 is 0 Å². The number of nitrogens with zero attached hydrogens (tertiary/aromatic N) is 2. The van der Waals surface area contributed by atoms with E-state index < -0.39 is 5.60 Å². The van der Waals surface area contributed by atoms with Crippen molar-refractivity contribution in [3.63, 3.8) is 0 Å². The van der Waals surface area contributed by atoms with Gasteiger partial charge in [0.05, 0.1) is 33.5 Å². The number of hydrogen-bond donors (Lipinski definition) is 0. The summed E-state index contributed by atoms with van der Waals surface area (Å²) in [5.74, 6) is 1.71. The first-order valence-corrected chi connectivity index (χ1v) is 17.9. The number of ether oxygens (including phenoxy) is 4. The predicted octanol–water partition coefficient (Wildman–Crippen LogP) is 8.49. The van der Waals surface area contributed by atoms with Crippen LogP contribution in [-0.4, -0.2) is 59.7 Å². The molecule has 5 aromatic carbocycles. The van der Waals surface area contributed by atoms with Crippen LogP contribution in [-0.2, 0) is 20.5 Å². The molecule has 9 rings (SSSR count). The molecule has 1 aliphatic carbocycles. The van der Waals surface area contributed by atoms with Gasteiger partial charge in [0.25, 0.3) is 0 Å². The van der Waals surface area contributed by atoms with Crippen molar-refractivity contribution in [2.24, 2.45) is 0 Å². The number of morpholine rings is 2. The Bertz CT molecular complexity index is 2060. The van der Waals surface area contributed by atoms with Gasteiger partial charge in [-0.2, -0.15) is 0 Å². The fourth-order valence-electron chi connectivity index (χ4n) is 8.67. The molecule has 6 nitrogen and oxygen atoms in total. The Kier molecular flexibility index (Phi) is 7.45. The van der Waals surface area contributed by atoms with Crippen LogP contribution in [0.3, 0.4) is 0 Å². The molecule has 0 N–H and O–H groups in total. The van der Waals surface area contributed by atoms with E-state index in [1.165, 1.54) is 44.6 Å². The molecule has 0 saturated carbocycles. The molecule has 0 spiro atoms. The second kappa shape index (κ2) is 11.9. The molecule has 4 aliphatic rings. The van der Waals surface area contributed by atoms with Gasteiger partial charge in [0.15, 0.2) is 5.60 Å². The largest absolute Gasteiger partial charge is 0.497 e. The van der Waals surface area contributed by atoms with Crippen molar-refractivity contribution in [2.45, 2.75) is 31.8 Å². The lowest BCUT2D eigenvalue weighted by Crippen LogP contribution is -2.37. The third-order valence-corrected chi connectivity index (χ3v) is 11.3. The maximum absolute atomic E-state index is 7.61. The number of rotatable bonds is 5. The molecule has 0 bridgehead atoms. The van der Waals surface area contributed by atoms with Crippen LogP contribution >= 0.6 is 0 Å². The van der Waals surface area contributed by atoms with Gasteiger partial charge in [0.2, 0.25) is 0 Å². The number of anilines is 2.